The molecule has 0 saturated heterocycles. The molecule has 0 aliphatic carbocycles. The Hall–Kier alpha value is -0.610. The van der Waals surface area contributed by atoms with Crippen LogP contribution in [0, 0.1) is 0 Å². The molecule has 13 heavy (non-hydrogen) atoms. The lowest BCUT2D eigenvalue weighted by Crippen LogP contribution is -2.10. The van der Waals surface area contributed by atoms with Gasteiger partial charge in [0.15, 0.2) is 0 Å². The van der Waals surface area contributed by atoms with E-state index in [0.29, 0.717) is 0 Å². The Morgan fingerprint density at radius 2 is 2.00 bits per heavy atom. The molecule has 1 unspecified atom stereocenters. The molecule has 0 spiro atoms. The molecule has 1 aromatic carbocycles. The molecular weight excluding hydrogens is 175 g/mol. The maximum Gasteiger partial charge on any atom is 0.105 e. The minimum absolute atomic E-state index is 0.891. The largest absolute Gasteiger partial charge is 0.105 e. The fraction of sp³-hybridized carbons (Fsp3) is 0.333. The van der Waals surface area contributed by atoms with Gasteiger partial charge in [0.1, 0.15) is 5.30 Å². The van der Waals surface area contributed by atoms with Crippen LogP contribution in [0.3, 0.4) is 0 Å². The second-order valence-corrected chi connectivity index (χ2v) is 7.63. The highest BCUT2D eigenvalue weighted by atomic mass is 31.2. The molecule has 0 radical (unpaired) electrons. The van der Waals surface area contributed by atoms with Crippen molar-refractivity contribution in [3.8, 4) is 0 Å². The van der Waals surface area contributed by atoms with E-state index in [0.717, 1.165) is 0 Å². The minimum atomic E-state index is -0.891. The van der Waals surface area contributed by atoms with Crippen molar-refractivity contribution < 1.29 is 0 Å². The standard InChI is InChI=1S/C12H16P/c1-3-9-13(2)10-8-11-6-4-5-7-12(11)13/h4-8,10H,3,9H2,1-2H3/q+1. The minimum Gasteiger partial charge on any atom is -0.0619 e. The first-order valence-corrected chi connectivity index (χ1v) is 7.39. The maximum atomic E-state index is 2.46. The van der Waals surface area contributed by atoms with Crippen molar-refractivity contribution in [3.63, 3.8) is 0 Å². The van der Waals surface area contributed by atoms with E-state index in [1.165, 1.54) is 18.1 Å². The third kappa shape index (κ3) is 1.44. The van der Waals surface area contributed by atoms with E-state index < -0.39 is 7.26 Å². The van der Waals surface area contributed by atoms with Crippen LogP contribution in [0.2, 0.25) is 0 Å². The molecule has 2 rings (SSSR count). The predicted octanol–water partition coefficient (Wildman–Crippen LogP) is 3.35. The highest BCUT2D eigenvalue weighted by Gasteiger charge is 2.36. The smallest absolute Gasteiger partial charge is 0.0619 e. The van der Waals surface area contributed by atoms with E-state index in [-0.39, 0.29) is 0 Å². The summed E-state index contributed by atoms with van der Waals surface area (Å²) in [4.78, 5) is 0. The van der Waals surface area contributed by atoms with Crippen molar-refractivity contribution in [2.75, 3.05) is 12.8 Å². The highest BCUT2D eigenvalue weighted by molar-refractivity contribution is 7.85. The highest BCUT2D eigenvalue weighted by Crippen LogP contribution is 2.59. The summed E-state index contributed by atoms with van der Waals surface area (Å²) in [7, 11) is -0.891. The third-order valence-corrected chi connectivity index (χ3v) is 6.45. The van der Waals surface area contributed by atoms with Gasteiger partial charge in [-0.15, -0.1) is 0 Å². The van der Waals surface area contributed by atoms with Crippen LogP contribution in [0.1, 0.15) is 18.9 Å². The SMILES string of the molecule is CCC[P+]1(C)C=Cc2ccccc21. The van der Waals surface area contributed by atoms with Crippen molar-refractivity contribution in [2.45, 2.75) is 13.3 Å². The summed E-state index contributed by atoms with van der Waals surface area (Å²) in [5.41, 5.74) is 1.45. The Bertz CT molecular complexity index is 341. The van der Waals surface area contributed by atoms with Gasteiger partial charge in [0, 0.05) is 5.56 Å². The molecule has 1 heteroatoms. The van der Waals surface area contributed by atoms with Crippen molar-refractivity contribution in [2.24, 2.45) is 0 Å². The zero-order chi connectivity index (χ0) is 9.31. The lowest BCUT2D eigenvalue weighted by atomic mass is 10.2. The molecule has 1 atom stereocenters. The third-order valence-electron chi connectivity index (χ3n) is 2.76. The van der Waals surface area contributed by atoms with Gasteiger partial charge in [-0.25, -0.2) is 0 Å². The number of rotatable bonds is 2. The number of hydrogen-bond donors (Lipinski definition) is 0. The van der Waals surface area contributed by atoms with E-state index in [9.17, 15) is 0 Å². The first kappa shape index (κ1) is 8.97. The lowest BCUT2D eigenvalue weighted by molar-refractivity contribution is 1.09. The van der Waals surface area contributed by atoms with Gasteiger partial charge in [-0.1, -0.05) is 25.1 Å². The second kappa shape index (κ2) is 3.27. The fourth-order valence-electron chi connectivity index (χ4n) is 2.08. The predicted molar refractivity (Wildman–Crippen MR) is 63.1 cm³/mol. The van der Waals surface area contributed by atoms with Crippen LogP contribution in [-0.2, 0) is 0 Å². The number of benzene rings is 1. The quantitative estimate of drug-likeness (QED) is 0.629. The van der Waals surface area contributed by atoms with Crippen molar-refractivity contribution in [1.82, 2.24) is 0 Å². The van der Waals surface area contributed by atoms with E-state index in [4.69, 9.17) is 0 Å². The maximum absolute atomic E-state index is 2.46. The van der Waals surface area contributed by atoms with Gasteiger partial charge in [0.25, 0.3) is 0 Å². The van der Waals surface area contributed by atoms with Crippen LogP contribution in [0.25, 0.3) is 6.08 Å². The van der Waals surface area contributed by atoms with E-state index in [1.54, 1.807) is 5.30 Å². The van der Waals surface area contributed by atoms with Crippen LogP contribution in [0.5, 0.6) is 0 Å². The van der Waals surface area contributed by atoms with Crippen molar-refractivity contribution in [1.29, 1.82) is 0 Å². The second-order valence-electron chi connectivity index (χ2n) is 3.87. The molecule has 0 bridgehead atoms. The van der Waals surface area contributed by atoms with Gasteiger partial charge in [-0.05, 0) is 18.6 Å². The van der Waals surface area contributed by atoms with Gasteiger partial charge < -0.3 is 0 Å². The van der Waals surface area contributed by atoms with E-state index in [1.807, 2.05) is 0 Å². The molecule has 1 heterocycles. The molecule has 0 saturated carbocycles. The van der Waals surface area contributed by atoms with Gasteiger partial charge in [0.05, 0.1) is 25.9 Å². The number of hydrogen-bond acceptors (Lipinski definition) is 0. The summed E-state index contributed by atoms with van der Waals surface area (Å²) < 4.78 is 0. The molecule has 0 amide bonds. The van der Waals surface area contributed by atoms with E-state index in [2.05, 4.69) is 49.7 Å². The first-order valence-electron chi connectivity index (χ1n) is 4.90. The van der Waals surface area contributed by atoms with E-state index >= 15 is 0 Å². The summed E-state index contributed by atoms with van der Waals surface area (Å²) in [6.45, 7) is 4.72. The van der Waals surface area contributed by atoms with Gasteiger partial charge in [-0.3, -0.25) is 0 Å². The Morgan fingerprint density at radius 3 is 2.77 bits per heavy atom. The molecular formula is C12H16P+. The molecule has 0 nitrogen and oxygen atoms in total. The number of fused-ring (bicyclic) bond motifs is 1. The van der Waals surface area contributed by atoms with Crippen molar-refractivity contribution >= 4 is 18.6 Å². The summed E-state index contributed by atoms with van der Waals surface area (Å²) in [5.74, 6) is 2.46. The van der Waals surface area contributed by atoms with Crippen LogP contribution in [0.4, 0.5) is 0 Å². The van der Waals surface area contributed by atoms with Crippen LogP contribution >= 0.6 is 7.26 Å². The van der Waals surface area contributed by atoms with Gasteiger partial charge >= 0.3 is 0 Å². The zero-order valence-corrected chi connectivity index (χ0v) is 9.22. The Balaban J connectivity index is 2.42. The summed E-state index contributed by atoms with van der Waals surface area (Å²) >= 11 is 0. The van der Waals surface area contributed by atoms with Crippen molar-refractivity contribution in [3.05, 3.63) is 35.6 Å². The monoisotopic (exact) mass is 191 g/mol. The first-order chi connectivity index (χ1) is 6.26. The molecule has 68 valence electrons. The van der Waals surface area contributed by atoms with Gasteiger partial charge in [0.2, 0.25) is 0 Å². The van der Waals surface area contributed by atoms with Gasteiger partial charge in [-0.2, -0.15) is 0 Å². The molecule has 1 aliphatic heterocycles. The molecule has 1 aliphatic rings. The average Bonchev–Trinajstić information content (AvgIpc) is 2.46. The molecule has 0 N–H and O–H groups in total. The average molecular weight is 191 g/mol. The van der Waals surface area contributed by atoms with Crippen LogP contribution in [0.15, 0.2) is 30.1 Å². The summed E-state index contributed by atoms with van der Waals surface area (Å²) in [6, 6.07) is 8.83. The van der Waals surface area contributed by atoms with Crippen LogP contribution < -0.4 is 5.30 Å². The Morgan fingerprint density at radius 1 is 1.23 bits per heavy atom. The van der Waals surface area contributed by atoms with Crippen LogP contribution in [-0.4, -0.2) is 12.8 Å². The molecule has 0 aromatic heterocycles. The topological polar surface area (TPSA) is 0 Å². The summed E-state index contributed by atoms with van der Waals surface area (Å²) in [6.07, 6.45) is 4.96. The normalized spacial score (nSPS) is 24.8. The molecule has 1 aromatic rings. The zero-order valence-electron chi connectivity index (χ0n) is 8.33. The summed E-state index contributed by atoms with van der Waals surface area (Å²) in [5, 5.41) is 1.61. The molecule has 0 fully saturated rings. The lowest BCUT2D eigenvalue weighted by Gasteiger charge is -2.14. The fourth-order valence-corrected chi connectivity index (χ4v) is 5.21. The Kier molecular flexibility index (Phi) is 2.26. The Labute approximate surface area is 81.0 Å².